The third-order valence-electron chi connectivity index (χ3n) is 2.97. The Morgan fingerprint density at radius 3 is 2.52 bits per heavy atom. The number of anilines is 1. The summed E-state index contributed by atoms with van der Waals surface area (Å²) in [6.45, 7) is 1.74. The van der Waals surface area contributed by atoms with E-state index in [0.717, 1.165) is 0 Å². The van der Waals surface area contributed by atoms with E-state index in [9.17, 15) is 13.6 Å². The summed E-state index contributed by atoms with van der Waals surface area (Å²) in [4.78, 5) is 11.9. The van der Waals surface area contributed by atoms with Crippen molar-refractivity contribution in [2.45, 2.75) is 13.0 Å². The van der Waals surface area contributed by atoms with E-state index in [-0.39, 0.29) is 0 Å². The van der Waals surface area contributed by atoms with Crippen LogP contribution in [0.5, 0.6) is 0 Å². The van der Waals surface area contributed by atoms with E-state index in [1.165, 1.54) is 37.4 Å². The summed E-state index contributed by atoms with van der Waals surface area (Å²) in [5, 5.41) is 2.87. The molecule has 0 amide bonds. The average Bonchev–Trinajstić information content (AvgIpc) is 2.43. The van der Waals surface area contributed by atoms with Crippen LogP contribution in [0.3, 0.4) is 0 Å². The molecule has 0 saturated carbocycles. The van der Waals surface area contributed by atoms with Gasteiger partial charge in [0.25, 0.3) is 0 Å². The molecule has 0 radical (unpaired) electrons. The molecule has 0 spiro atoms. The highest BCUT2D eigenvalue weighted by Gasteiger charge is 2.22. The minimum atomic E-state index is -0.910. The minimum Gasteiger partial charge on any atom is -0.467 e. The maximum atomic E-state index is 13.4. The molecule has 21 heavy (non-hydrogen) atoms. The van der Waals surface area contributed by atoms with Crippen molar-refractivity contribution in [3.8, 4) is 0 Å². The van der Waals surface area contributed by atoms with Gasteiger partial charge in [0.05, 0.1) is 7.11 Å². The fourth-order valence-electron chi connectivity index (χ4n) is 2.07. The topological polar surface area (TPSA) is 38.3 Å². The number of hydrogen-bond donors (Lipinski definition) is 1. The molecule has 0 aliphatic rings. The fourth-order valence-corrected chi connectivity index (χ4v) is 2.07. The van der Waals surface area contributed by atoms with Crippen molar-refractivity contribution in [2.24, 2.45) is 0 Å². The van der Waals surface area contributed by atoms with Crippen molar-refractivity contribution in [1.29, 1.82) is 0 Å². The summed E-state index contributed by atoms with van der Waals surface area (Å²) in [7, 11) is 1.24. The van der Waals surface area contributed by atoms with E-state index in [0.29, 0.717) is 16.8 Å². The molecule has 110 valence electrons. The largest absolute Gasteiger partial charge is 0.467 e. The van der Waals surface area contributed by atoms with Crippen LogP contribution in [-0.2, 0) is 9.53 Å². The molecule has 2 rings (SSSR count). The fraction of sp³-hybridized carbons (Fsp3) is 0.188. The monoisotopic (exact) mass is 291 g/mol. The Kier molecular flexibility index (Phi) is 4.52. The van der Waals surface area contributed by atoms with Gasteiger partial charge in [0.2, 0.25) is 0 Å². The lowest BCUT2D eigenvalue weighted by Crippen LogP contribution is -2.22. The van der Waals surface area contributed by atoms with Gasteiger partial charge in [-0.05, 0) is 48.4 Å². The van der Waals surface area contributed by atoms with Gasteiger partial charge in [0, 0.05) is 5.69 Å². The van der Waals surface area contributed by atoms with Crippen molar-refractivity contribution in [3.63, 3.8) is 0 Å². The van der Waals surface area contributed by atoms with Crippen molar-refractivity contribution in [2.75, 3.05) is 12.4 Å². The van der Waals surface area contributed by atoms with Gasteiger partial charge in [-0.1, -0.05) is 12.1 Å². The highest BCUT2D eigenvalue weighted by atomic mass is 19.1. The lowest BCUT2D eigenvalue weighted by Gasteiger charge is -2.18. The normalized spacial score (nSPS) is 11.8. The summed E-state index contributed by atoms with van der Waals surface area (Å²) in [6, 6.07) is 9.04. The average molecular weight is 291 g/mol. The molecule has 1 N–H and O–H groups in total. The van der Waals surface area contributed by atoms with Gasteiger partial charge in [0.15, 0.2) is 6.04 Å². The third-order valence-corrected chi connectivity index (χ3v) is 2.97. The van der Waals surface area contributed by atoms with Gasteiger partial charge in [-0.15, -0.1) is 0 Å². The first kappa shape index (κ1) is 15.0. The first-order chi connectivity index (χ1) is 9.99. The van der Waals surface area contributed by atoms with E-state index >= 15 is 0 Å². The Morgan fingerprint density at radius 2 is 1.90 bits per heavy atom. The van der Waals surface area contributed by atoms with Crippen LogP contribution in [0.15, 0.2) is 42.5 Å². The number of nitrogens with one attached hydrogen (secondary N) is 1. The summed E-state index contributed by atoms with van der Waals surface area (Å²) in [6.07, 6.45) is 0. The van der Waals surface area contributed by atoms with Gasteiger partial charge in [0.1, 0.15) is 11.6 Å². The number of halogens is 2. The van der Waals surface area contributed by atoms with E-state index < -0.39 is 23.6 Å². The predicted molar refractivity (Wildman–Crippen MR) is 75.9 cm³/mol. The van der Waals surface area contributed by atoms with E-state index in [2.05, 4.69) is 5.32 Å². The lowest BCUT2D eigenvalue weighted by molar-refractivity contribution is -0.141. The van der Waals surface area contributed by atoms with E-state index in [1.807, 2.05) is 0 Å². The first-order valence-electron chi connectivity index (χ1n) is 6.36. The van der Waals surface area contributed by atoms with Crippen LogP contribution in [-0.4, -0.2) is 13.1 Å². The number of benzene rings is 2. The van der Waals surface area contributed by atoms with Crippen molar-refractivity contribution in [1.82, 2.24) is 0 Å². The van der Waals surface area contributed by atoms with Crippen LogP contribution in [0.2, 0.25) is 0 Å². The quantitative estimate of drug-likeness (QED) is 0.875. The Labute approximate surface area is 121 Å². The zero-order valence-electron chi connectivity index (χ0n) is 11.7. The number of rotatable bonds is 4. The summed E-state index contributed by atoms with van der Waals surface area (Å²) in [5.74, 6) is -1.46. The van der Waals surface area contributed by atoms with Crippen LogP contribution >= 0.6 is 0 Å². The second-order valence-electron chi connectivity index (χ2n) is 4.67. The Hall–Kier alpha value is -2.43. The number of ether oxygens (including phenoxy) is 1. The Bertz CT molecular complexity index is 638. The maximum absolute atomic E-state index is 13.4. The molecule has 0 saturated heterocycles. The van der Waals surface area contributed by atoms with Crippen molar-refractivity contribution in [3.05, 3.63) is 65.2 Å². The zero-order chi connectivity index (χ0) is 15.4. The molecule has 0 aliphatic heterocycles. The summed E-state index contributed by atoms with van der Waals surface area (Å²) < 4.78 is 31.5. The number of esters is 1. The van der Waals surface area contributed by atoms with Crippen LogP contribution in [0.4, 0.5) is 14.5 Å². The summed E-state index contributed by atoms with van der Waals surface area (Å²) in [5.41, 5.74) is 1.54. The van der Waals surface area contributed by atoms with Crippen LogP contribution < -0.4 is 5.32 Å². The molecule has 2 aromatic rings. The molecule has 1 unspecified atom stereocenters. The first-order valence-corrected chi connectivity index (χ1v) is 6.36. The van der Waals surface area contributed by atoms with Gasteiger partial charge < -0.3 is 10.1 Å². The molecule has 0 heterocycles. The SMILES string of the molecule is COC(=O)C(Nc1cc(C)cc(F)c1)c1cccc(F)c1. The second kappa shape index (κ2) is 6.35. The number of hydrogen-bond acceptors (Lipinski definition) is 3. The van der Waals surface area contributed by atoms with Gasteiger partial charge in [-0.25, -0.2) is 13.6 Å². The number of aryl methyl sites for hydroxylation is 1. The highest BCUT2D eigenvalue weighted by molar-refractivity contribution is 5.81. The molecule has 5 heteroatoms. The van der Waals surface area contributed by atoms with Crippen LogP contribution in [0.25, 0.3) is 0 Å². The predicted octanol–water partition coefficient (Wildman–Crippen LogP) is 3.60. The molecule has 0 aliphatic carbocycles. The molecular weight excluding hydrogens is 276 g/mol. The molecule has 3 nitrogen and oxygen atoms in total. The van der Waals surface area contributed by atoms with Gasteiger partial charge >= 0.3 is 5.97 Å². The van der Waals surface area contributed by atoms with E-state index in [4.69, 9.17) is 4.74 Å². The van der Waals surface area contributed by atoms with E-state index in [1.54, 1.807) is 19.1 Å². The van der Waals surface area contributed by atoms with Crippen molar-refractivity contribution < 1.29 is 18.3 Å². The molecular formula is C16H15F2NO2. The Balaban J connectivity index is 2.35. The smallest absolute Gasteiger partial charge is 0.332 e. The second-order valence-corrected chi connectivity index (χ2v) is 4.67. The number of methoxy groups -OCH3 is 1. The number of carbonyl (C=O) groups is 1. The molecule has 2 aromatic carbocycles. The van der Waals surface area contributed by atoms with Gasteiger partial charge in [-0.2, -0.15) is 0 Å². The standard InChI is InChI=1S/C16H15F2NO2/c1-10-6-13(18)9-14(7-10)19-15(16(20)21-2)11-4-3-5-12(17)8-11/h3-9,15,19H,1-2H3. The molecule has 0 aromatic heterocycles. The zero-order valence-corrected chi connectivity index (χ0v) is 11.7. The number of carbonyl (C=O) groups excluding carboxylic acids is 1. The highest BCUT2D eigenvalue weighted by Crippen LogP contribution is 2.23. The third kappa shape index (κ3) is 3.78. The van der Waals surface area contributed by atoms with Crippen LogP contribution in [0, 0.1) is 18.6 Å². The van der Waals surface area contributed by atoms with Crippen molar-refractivity contribution >= 4 is 11.7 Å². The summed E-state index contributed by atoms with van der Waals surface area (Å²) >= 11 is 0. The molecule has 0 fully saturated rings. The minimum absolute atomic E-state index is 0.406. The maximum Gasteiger partial charge on any atom is 0.332 e. The lowest BCUT2D eigenvalue weighted by atomic mass is 10.1. The van der Waals surface area contributed by atoms with Crippen LogP contribution in [0.1, 0.15) is 17.2 Å². The van der Waals surface area contributed by atoms with Gasteiger partial charge in [-0.3, -0.25) is 0 Å². The molecule has 1 atom stereocenters. The molecule has 0 bridgehead atoms. The Morgan fingerprint density at radius 1 is 1.14 bits per heavy atom.